The summed E-state index contributed by atoms with van der Waals surface area (Å²) in [6.45, 7) is 8.18. The number of anilines is 2. The standard InChI is InChI=1S/C21H24N2O3S/c1-13-8-7-9-14(21(2,3)4)19(13)23-18(24)12-17-20(25)22-15-10-5-6-11-16(15)27(17)26/h5-11,17H,12H2,1-4H3,(H,22,25)(H,23,24)/t17-,27-/m0/s1. The maximum absolute atomic E-state index is 12.8. The Labute approximate surface area is 162 Å². The summed E-state index contributed by atoms with van der Waals surface area (Å²) in [4.78, 5) is 25.6. The molecule has 142 valence electrons. The first kappa shape index (κ1) is 19.3. The van der Waals surface area contributed by atoms with E-state index in [9.17, 15) is 13.8 Å². The van der Waals surface area contributed by atoms with Gasteiger partial charge in [-0.3, -0.25) is 13.8 Å². The van der Waals surface area contributed by atoms with Gasteiger partial charge in [0.15, 0.2) is 0 Å². The zero-order valence-electron chi connectivity index (χ0n) is 16.0. The molecular formula is C21H24N2O3S. The summed E-state index contributed by atoms with van der Waals surface area (Å²) in [6, 6.07) is 12.9. The number of fused-ring (bicyclic) bond motifs is 1. The quantitative estimate of drug-likeness (QED) is 0.846. The Morgan fingerprint density at radius 3 is 2.56 bits per heavy atom. The first-order valence-electron chi connectivity index (χ1n) is 8.89. The van der Waals surface area contributed by atoms with Crippen LogP contribution in [0.15, 0.2) is 47.4 Å². The number of carbonyl (C=O) groups is 2. The van der Waals surface area contributed by atoms with Crippen LogP contribution in [0.5, 0.6) is 0 Å². The van der Waals surface area contributed by atoms with E-state index in [1.165, 1.54) is 0 Å². The molecule has 6 heteroatoms. The number of carbonyl (C=O) groups excluding carboxylic acids is 2. The molecule has 2 aromatic carbocycles. The van der Waals surface area contributed by atoms with Crippen molar-refractivity contribution in [3.63, 3.8) is 0 Å². The predicted octanol–water partition coefficient (Wildman–Crippen LogP) is 3.75. The molecule has 0 bridgehead atoms. The molecule has 27 heavy (non-hydrogen) atoms. The summed E-state index contributed by atoms with van der Waals surface area (Å²) >= 11 is 0. The number of aryl methyl sites for hydroxylation is 1. The Morgan fingerprint density at radius 1 is 1.15 bits per heavy atom. The third-order valence-corrected chi connectivity index (χ3v) is 6.32. The van der Waals surface area contributed by atoms with Crippen LogP contribution in [0.1, 0.15) is 38.3 Å². The summed E-state index contributed by atoms with van der Waals surface area (Å²) in [5, 5.41) is 4.79. The van der Waals surface area contributed by atoms with Crippen LogP contribution in [0.3, 0.4) is 0 Å². The van der Waals surface area contributed by atoms with Gasteiger partial charge in [-0.15, -0.1) is 0 Å². The van der Waals surface area contributed by atoms with Crippen molar-refractivity contribution in [2.24, 2.45) is 0 Å². The van der Waals surface area contributed by atoms with Crippen LogP contribution in [0.4, 0.5) is 11.4 Å². The van der Waals surface area contributed by atoms with Gasteiger partial charge in [-0.05, 0) is 35.6 Å². The molecule has 0 radical (unpaired) electrons. The molecule has 0 saturated carbocycles. The molecule has 1 aliphatic rings. The van der Waals surface area contributed by atoms with Crippen molar-refractivity contribution in [3.8, 4) is 0 Å². The van der Waals surface area contributed by atoms with Gasteiger partial charge in [0.05, 0.1) is 27.8 Å². The van der Waals surface area contributed by atoms with Crippen molar-refractivity contribution in [2.45, 2.75) is 49.7 Å². The van der Waals surface area contributed by atoms with Crippen molar-refractivity contribution in [1.29, 1.82) is 0 Å². The number of amides is 2. The van der Waals surface area contributed by atoms with Gasteiger partial charge in [0, 0.05) is 5.69 Å². The lowest BCUT2D eigenvalue weighted by molar-refractivity contribution is -0.120. The van der Waals surface area contributed by atoms with E-state index in [0.29, 0.717) is 10.6 Å². The minimum absolute atomic E-state index is 0.134. The lowest BCUT2D eigenvalue weighted by Gasteiger charge is -2.26. The minimum atomic E-state index is -1.56. The van der Waals surface area contributed by atoms with Gasteiger partial charge in [-0.1, -0.05) is 51.1 Å². The molecule has 3 rings (SSSR count). The normalized spacial score (nSPS) is 19.2. The van der Waals surface area contributed by atoms with Crippen LogP contribution in [0.2, 0.25) is 0 Å². The topological polar surface area (TPSA) is 75.3 Å². The minimum Gasteiger partial charge on any atom is -0.326 e. The molecule has 0 saturated heterocycles. The van der Waals surface area contributed by atoms with Crippen molar-refractivity contribution < 1.29 is 13.8 Å². The molecule has 2 aromatic rings. The fourth-order valence-electron chi connectivity index (χ4n) is 3.19. The van der Waals surface area contributed by atoms with E-state index in [-0.39, 0.29) is 23.7 Å². The Hall–Kier alpha value is -2.47. The molecular weight excluding hydrogens is 360 g/mol. The molecule has 0 spiro atoms. The Morgan fingerprint density at radius 2 is 1.85 bits per heavy atom. The van der Waals surface area contributed by atoms with Crippen LogP contribution in [-0.4, -0.2) is 21.3 Å². The van der Waals surface area contributed by atoms with Crippen LogP contribution >= 0.6 is 0 Å². The Balaban J connectivity index is 1.82. The summed E-state index contributed by atoms with van der Waals surface area (Å²) in [7, 11) is -1.56. The fraction of sp³-hybridized carbons (Fsp3) is 0.333. The molecule has 0 aliphatic carbocycles. The van der Waals surface area contributed by atoms with Gasteiger partial charge >= 0.3 is 0 Å². The summed E-state index contributed by atoms with van der Waals surface area (Å²) < 4.78 is 12.8. The zero-order valence-corrected chi connectivity index (χ0v) is 16.8. The summed E-state index contributed by atoms with van der Waals surface area (Å²) in [6.07, 6.45) is -0.134. The molecule has 2 amide bonds. The van der Waals surface area contributed by atoms with Gasteiger partial charge in [0.2, 0.25) is 11.8 Å². The van der Waals surface area contributed by atoms with Gasteiger partial charge in [0.25, 0.3) is 0 Å². The van der Waals surface area contributed by atoms with Gasteiger partial charge in [-0.25, -0.2) is 0 Å². The average Bonchev–Trinajstić information content (AvgIpc) is 2.59. The highest BCUT2D eigenvalue weighted by molar-refractivity contribution is 7.86. The van der Waals surface area contributed by atoms with E-state index < -0.39 is 16.0 Å². The van der Waals surface area contributed by atoms with Gasteiger partial charge in [-0.2, -0.15) is 0 Å². The van der Waals surface area contributed by atoms with Gasteiger partial charge < -0.3 is 10.6 Å². The third-order valence-electron chi connectivity index (χ3n) is 4.63. The number of benzene rings is 2. The van der Waals surface area contributed by atoms with E-state index in [1.54, 1.807) is 24.3 Å². The molecule has 1 aliphatic heterocycles. The van der Waals surface area contributed by atoms with Crippen molar-refractivity contribution in [2.75, 3.05) is 10.6 Å². The second kappa shape index (κ2) is 7.27. The van der Waals surface area contributed by atoms with E-state index in [1.807, 2.05) is 25.1 Å². The number of rotatable bonds is 3. The van der Waals surface area contributed by atoms with E-state index in [0.717, 1.165) is 16.8 Å². The highest BCUT2D eigenvalue weighted by atomic mass is 32.2. The smallest absolute Gasteiger partial charge is 0.241 e. The van der Waals surface area contributed by atoms with Crippen molar-refractivity contribution >= 4 is 34.0 Å². The van der Waals surface area contributed by atoms with Crippen molar-refractivity contribution in [1.82, 2.24) is 0 Å². The Kier molecular flexibility index (Phi) is 5.20. The molecule has 5 nitrogen and oxygen atoms in total. The number of hydrogen-bond donors (Lipinski definition) is 2. The molecule has 0 aromatic heterocycles. The van der Waals surface area contributed by atoms with E-state index >= 15 is 0 Å². The third kappa shape index (κ3) is 3.95. The maximum Gasteiger partial charge on any atom is 0.241 e. The maximum atomic E-state index is 12.8. The lowest BCUT2D eigenvalue weighted by Crippen LogP contribution is -2.39. The van der Waals surface area contributed by atoms with Crippen LogP contribution in [0.25, 0.3) is 0 Å². The second-order valence-corrected chi connectivity index (χ2v) is 9.37. The highest BCUT2D eigenvalue weighted by Crippen LogP contribution is 2.33. The number of para-hydroxylation sites is 2. The molecule has 0 fully saturated rings. The van der Waals surface area contributed by atoms with Crippen LogP contribution in [-0.2, 0) is 25.8 Å². The summed E-state index contributed by atoms with van der Waals surface area (Å²) in [5.41, 5.74) is 3.15. The monoisotopic (exact) mass is 384 g/mol. The highest BCUT2D eigenvalue weighted by Gasteiger charge is 2.35. The largest absolute Gasteiger partial charge is 0.326 e. The molecule has 0 unspecified atom stereocenters. The van der Waals surface area contributed by atoms with E-state index in [2.05, 4.69) is 31.4 Å². The number of nitrogens with one attached hydrogen (secondary N) is 2. The second-order valence-electron chi connectivity index (χ2n) is 7.77. The first-order chi connectivity index (χ1) is 12.7. The molecule has 2 N–H and O–H groups in total. The molecule has 2 atom stereocenters. The number of hydrogen-bond acceptors (Lipinski definition) is 3. The lowest BCUT2D eigenvalue weighted by atomic mass is 9.84. The zero-order chi connectivity index (χ0) is 19.8. The van der Waals surface area contributed by atoms with Crippen molar-refractivity contribution in [3.05, 3.63) is 53.6 Å². The molecule has 1 heterocycles. The predicted molar refractivity (Wildman–Crippen MR) is 108 cm³/mol. The first-order valence-corrected chi connectivity index (χ1v) is 10.1. The fourth-order valence-corrected chi connectivity index (χ4v) is 4.61. The van der Waals surface area contributed by atoms with Crippen LogP contribution in [0, 0.1) is 6.92 Å². The Bertz CT molecular complexity index is 931. The van der Waals surface area contributed by atoms with Crippen LogP contribution < -0.4 is 10.6 Å². The summed E-state index contributed by atoms with van der Waals surface area (Å²) in [5.74, 6) is -0.703. The van der Waals surface area contributed by atoms with E-state index in [4.69, 9.17) is 0 Å². The average molecular weight is 385 g/mol. The SMILES string of the molecule is Cc1cccc(C(C)(C)C)c1NC(=O)C[C@H]1C(=O)Nc2ccccc2[S@@]1=O. The van der Waals surface area contributed by atoms with Gasteiger partial charge in [0.1, 0.15) is 5.25 Å².